The van der Waals surface area contributed by atoms with E-state index in [0.29, 0.717) is 17.0 Å². The Hall–Kier alpha value is -1.55. The summed E-state index contributed by atoms with van der Waals surface area (Å²) in [6.45, 7) is 0. The van der Waals surface area contributed by atoms with Gasteiger partial charge in [0.05, 0.1) is 4.86 Å². The highest BCUT2D eigenvalue weighted by Gasteiger charge is 2.09. The van der Waals surface area contributed by atoms with Crippen LogP contribution in [0.4, 0.5) is 5.69 Å². The van der Waals surface area contributed by atoms with Crippen LogP contribution in [0.1, 0.15) is 11.1 Å². The van der Waals surface area contributed by atoms with Crippen molar-refractivity contribution in [3.8, 4) is 0 Å². The number of nitrogens with two attached hydrogens (primary N) is 1. The molecule has 1 aliphatic rings. The monoisotopic (exact) mass is 207 g/mol. The van der Waals surface area contributed by atoms with Crippen LogP contribution in [0.25, 0.3) is 6.08 Å². The Bertz CT molecular complexity index is 533. The van der Waals surface area contributed by atoms with Crippen molar-refractivity contribution < 1.29 is 8.42 Å². The summed E-state index contributed by atoms with van der Waals surface area (Å²) < 4.78 is 21.4. The molecule has 1 aromatic carbocycles. The summed E-state index contributed by atoms with van der Waals surface area (Å²) in [5, 5.41) is 0. The van der Waals surface area contributed by atoms with Crippen molar-refractivity contribution in [1.29, 1.82) is 0 Å². The van der Waals surface area contributed by atoms with Gasteiger partial charge in [-0.2, -0.15) is 8.42 Å². The molecule has 4 heteroatoms. The predicted molar refractivity (Wildman–Crippen MR) is 57.5 cm³/mol. The number of hydrogen-bond donors (Lipinski definition) is 1. The first kappa shape index (κ1) is 9.02. The van der Waals surface area contributed by atoms with Crippen molar-refractivity contribution in [2.75, 3.05) is 5.73 Å². The van der Waals surface area contributed by atoms with Crippen LogP contribution >= 0.6 is 0 Å². The van der Waals surface area contributed by atoms with Crippen molar-refractivity contribution in [1.82, 2.24) is 0 Å². The minimum absolute atomic E-state index is 0.419. The van der Waals surface area contributed by atoms with Crippen LogP contribution < -0.4 is 5.73 Å². The molecule has 0 spiro atoms. The lowest BCUT2D eigenvalue weighted by Gasteiger charge is -2.10. The molecule has 0 aliphatic heterocycles. The second-order valence-corrected chi connectivity index (χ2v) is 4.16. The van der Waals surface area contributed by atoms with Gasteiger partial charge in [-0.05, 0) is 29.3 Å². The van der Waals surface area contributed by atoms with E-state index in [1.165, 1.54) is 0 Å². The standard InChI is InChI=1S/C10H9NO2S/c11-9-3-1-8-6-10(14(12)13)4-2-7(8)5-9/h1-5H,6,11H2. The fourth-order valence-corrected chi connectivity index (χ4v) is 1.93. The van der Waals surface area contributed by atoms with Gasteiger partial charge in [0.2, 0.25) is 10.3 Å². The highest BCUT2D eigenvalue weighted by Crippen LogP contribution is 2.19. The van der Waals surface area contributed by atoms with Crippen LogP contribution in [0, 0.1) is 0 Å². The average Bonchev–Trinajstić information content (AvgIpc) is 2.16. The SMILES string of the molecule is Nc1ccc2c(c1)C=CC(=S(=O)=O)C2. The topological polar surface area (TPSA) is 60.2 Å². The second kappa shape index (κ2) is 3.31. The van der Waals surface area contributed by atoms with E-state index in [1.807, 2.05) is 12.1 Å². The number of rotatable bonds is 0. The maximum atomic E-state index is 10.7. The number of benzene rings is 1. The van der Waals surface area contributed by atoms with Crippen LogP contribution in [0.5, 0.6) is 0 Å². The fourth-order valence-electron chi connectivity index (χ4n) is 1.47. The molecule has 0 bridgehead atoms. The molecule has 0 aromatic heterocycles. The molecule has 3 nitrogen and oxygen atoms in total. The van der Waals surface area contributed by atoms with Gasteiger partial charge in [0.15, 0.2) is 0 Å². The molecule has 0 amide bonds. The first-order valence-corrected chi connectivity index (χ1v) is 5.26. The summed E-state index contributed by atoms with van der Waals surface area (Å²) in [5.74, 6) is 0. The van der Waals surface area contributed by atoms with E-state index in [2.05, 4.69) is 0 Å². The van der Waals surface area contributed by atoms with E-state index in [1.54, 1.807) is 18.2 Å². The Morgan fingerprint density at radius 1 is 1.21 bits per heavy atom. The summed E-state index contributed by atoms with van der Waals surface area (Å²) >= 11 is 0. The van der Waals surface area contributed by atoms with Gasteiger partial charge < -0.3 is 5.73 Å². The van der Waals surface area contributed by atoms with Crippen LogP contribution in [0.2, 0.25) is 0 Å². The molecule has 0 saturated heterocycles. The average molecular weight is 207 g/mol. The Kier molecular flexibility index (Phi) is 2.13. The Morgan fingerprint density at radius 2 is 2.00 bits per heavy atom. The zero-order valence-corrected chi connectivity index (χ0v) is 8.21. The Balaban J connectivity index is 2.57. The second-order valence-electron chi connectivity index (χ2n) is 3.17. The van der Waals surface area contributed by atoms with E-state index in [9.17, 15) is 8.42 Å². The zero-order valence-electron chi connectivity index (χ0n) is 7.40. The maximum Gasteiger partial charge on any atom is 0.217 e. The highest BCUT2D eigenvalue weighted by atomic mass is 32.2. The molecule has 2 rings (SSSR count). The quantitative estimate of drug-likeness (QED) is 0.507. The largest absolute Gasteiger partial charge is 0.399 e. The first-order valence-electron chi connectivity index (χ1n) is 4.18. The van der Waals surface area contributed by atoms with Crippen molar-refractivity contribution in [3.63, 3.8) is 0 Å². The van der Waals surface area contributed by atoms with Gasteiger partial charge in [0.1, 0.15) is 0 Å². The molecule has 72 valence electrons. The summed E-state index contributed by atoms with van der Waals surface area (Å²) in [6, 6.07) is 5.49. The number of anilines is 1. The van der Waals surface area contributed by atoms with Gasteiger partial charge in [-0.25, -0.2) is 0 Å². The van der Waals surface area contributed by atoms with Gasteiger partial charge in [-0.3, -0.25) is 0 Å². The lowest BCUT2D eigenvalue weighted by molar-refractivity contribution is 0.627. The van der Waals surface area contributed by atoms with E-state index in [4.69, 9.17) is 5.73 Å². The van der Waals surface area contributed by atoms with Crippen LogP contribution in [0.15, 0.2) is 24.3 Å². The third-order valence-electron chi connectivity index (χ3n) is 2.20. The Morgan fingerprint density at radius 3 is 2.71 bits per heavy atom. The first-order chi connectivity index (χ1) is 6.66. The van der Waals surface area contributed by atoms with Crippen molar-refractivity contribution in [2.24, 2.45) is 0 Å². The minimum atomic E-state index is -2.12. The minimum Gasteiger partial charge on any atom is -0.399 e. The third kappa shape index (κ3) is 1.56. The van der Waals surface area contributed by atoms with Gasteiger partial charge in [0.25, 0.3) is 0 Å². The molecule has 0 heterocycles. The van der Waals surface area contributed by atoms with E-state index >= 15 is 0 Å². The normalized spacial score (nSPS) is 13.9. The highest BCUT2D eigenvalue weighted by molar-refractivity contribution is 7.73. The molecule has 2 N–H and O–H groups in total. The molecule has 1 aliphatic carbocycles. The lowest BCUT2D eigenvalue weighted by Crippen LogP contribution is -2.07. The maximum absolute atomic E-state index is 10.7. The Labute approximate surface area is 83.4 Å². The predicted octanol–water partition coefficient (Wildman–Crippen LogP) is 0.890. The van der Waals surface area contributed by atoms with Gasteiger partial charge >= 0.3 is 0 Å². The van der Waals surface area contributed by atoms with Gasteiger partial charge in [-0.1, -0.05) is 12.1 Å². The molecule has 0 fully saturated rings. The number of allylic oxidation sites excluding steroid dienone is 1. The van der Waals surface area contributed by atoms with Gasteiger partial charge in [0, 0.05) is 12.1 Å². The molecule has 0 unspecified atom stereocenters. The number of fused-ring (bicyclic) bond motifs is 1. The molecule has 0 atom stereocenters. The zero-order chi connectivity index (χ0) is 10.1. The fraction of sp³-hybridized carbons (Fsp3) is 0.100. The smallest absolute Gasteiger partial charge is 0.217 e. The summed E-state index contributed by atoms with van der Waals surface area (Å²) in [6.07, 6.45) is 3.85. The molecule has 1 aromatic rings. The molecular weight excluding hydrogens is 198 g/mol. The summed E-state index contributed by atoms with van der Waals surface area (Å²) in [5.41, 5.74) is 8.31. The van der Waals surface area contributed by atoms with Crippen LogP contribution in [-0.2, 0) is 16.7 Å². The van der Waals surface area contributed by atoms with Gasteiger partial charge in [-0.15, -0.1) is 0 Å². The van der Waals surface area contributed by atoms with Crippen molar-refractivity contribution >= 4 is 26.9 Å². The summed E-state index contributed by atoms with van der Waals surface area (Å²) in [4.78, 5) is 0.419. The number of nitrogen functional groups attached to an aromatic ring is 1. The molecule has 0 saturated carbocycles. The van der Waals surface area contributed by atoms with Crippen molar-refractivity contribution in [2.45, 2.75) is 6.42 Å². The molecule has 0 radical (unpaired) electrons. The van der Waals surface area contributed by atoms with Crippen LogP contribution in [0.3, 0.4) is 0 Å². The van der Waals surface area contributed by atoms with E-state index in [0.717, 1.165) is 11.1 Å². The van der Waals surface area contributed by atoms with E-state index < -0.39 is 10.3 Å². The third-order valence-corrected chi connectivity index (χ3v) is 2.91. The molecule has 14 heavy (non-hydrogen) atoms. The van der Waals surface area contributed by atoms with Crippen molar-refractivity contribution in [3.05, 3.63) is 35.4 Å². The van der Waals surface area contributed by atoms with E-state index in [-0.39, 0.29) is 0 Å². The number of hydrogen-bond acceptors (Lipinski definition) is 3. The molecular formula is C10H9NO2S. The lowest BCUT2D eigenvalue weighted by atomic mass is 9.97. The summed E-state index contributed by atoms with van der Waals surface area (Å²) in [7, 11) is -2.12. The van der Waals surface area contributed by atoms with Crippen LogP contribution in [-0.4, -0.2) is 13.3 Å².